The summed E-state index contributed by atoms with van der Waals surface area (Å²) in [5.74, 6) is -0.620. The highest BCUT2D eigenvalue weighted by Gasteiger charge is 2.43. The molecule has 10 heteroatoms. The molecule has 1 aliphatic heterocycles. The van der Waals surface area contributed by atoms with Gasteiger partial charge in [0.05, 0.1) is 12.0 Å². The van der Waals surface area contributed by atoms with E-state index < -0.39 is 39.8 Å². The number of hydrogen-bond acceptors (Lipinski definition) is 6. The van der Waals surface area contributed by atoms with Crippen LogP contribution in [0.25, 0.3) is 0 Å². The summed E-state index contributed by atoms with van der Waals surface area (Å²) in [6, 6.07) is 4.70. The third kappa shape index (κ3) is 5.66. The number of nitrogens with zero attached hydrogens (tertiary/aromatic N) is 1. The predicted molar refractivity (Wildman–Crippen MR) is 102 cm³/mol. The van der Waals surface area contributed by atoms with Crippen molar-refractivity contribution in [1.82, 2.24) is 9.62 Å². The monoisotopic (exact) mass is 462 g/mol. The van der Waals surface area contributed by atoms with Crippen molar-refractivity contribution in [2.24, 2.45) is 0 Å². The Bertz CT molecular complexity index is 821. The van der Waals surface area contributed by atoms with Gasteiger partial charge < -0.3 is 9.47 Å². The van der Waals surface area contributed by atoms with E-state index in [1.807, 2.05) is 0 Å². The minimum absolute atomic E-state index is 0.00190. The third-order valence-electron chi connectivity index (χ3n) is 3.83. The lowest BCUT2D eigenvalue weighted by Gasteiger charge is -2.27. The first-order valence-electron chi connectivity index (χ1n) is 8.28. The third-order valence-corrected chi connectivity index (χ3v) is 5.84. The van der Waals surface area contributed by atoms with Crippen LogP contribution in [0.3, 0.4) is 0 Å². The van der Waals surface area contributed by atoms with Crippen molar-refractivity contribution in [1.29, 1.82) is 0 Å². The van der Waals surface area contributed by atoms with Crippen LogP contribution in [0, 0.1) is 0 Å². The van der Waals surface area contributed by atoms with E-state index >= 15 is 0 Å². The molecule has 0 radical (unpaired) electrons. The first kappa shape index (κ1) is 21.6. The number of benzene rings is 1. The Kier molecular flexibility index (Phi) is 6.54. The van der Waals surface area contributed by atoms with Crippen molar-refractivity contribution in [2.45, 2.75) is 49.8 Å². The van der Waals surface area contributed by atoms with Gasteiger partial charge in [-0.15, -0.1) is 0 Å². The summed E-state index contributed by atoms with van der Waals surface area (Å²) in [5.41, 5.74) is -0.744. The van der Waals surface area contributed by atoms with Gasteiger partial charge in [0.2, 0.25) is 10.0 Å². The van der Waals surface area contributed by atoms with Crippen molar-refractivity contribution < 1.29 is 27.5 Å². The number of hydrogen-bond donors (Lipinski definition) is 1. The number of rotatable bonds is 4. The second-order valence-corrected chi connectivity index (χ2v) is 9.81. The summed E-state index contributed by atoms with van der Waals surface area (Å²) in [5, 5.41) is 0. The number of nitrogens with one attached hydrogen (secondary N) is 1. The number of ether oxygens (including phenoxy) is 2. The fourth-order valence-corrected chi connectivity index (χ4v) is 4.56. The molecular weight excluding hydrogens is 440 g/mol. The molecule has 0 bridgehead atoms. The maximum Gasteiger partial charge on any atom is 0.411 e. The summed E-state index contributed by atoms with van der Waals surface area (Å²) >= 11 is 3.24. The number of halogens is 1. The Morgan fingerprint density at radius 2 is 1.96 bits per heavy atom. The molecule has 150 valence electrons. The van der Waals surface area contributed by atoms with Crippen LogP contribution >= 0.6 is 15.9 Å². The van der Waals surface area contributed by atoms with Gasteiger partial charge in [-0.25, -0.2) is 22.7 Å². The normalized spacial score (nSPS) is 20.4. The van der Waals surface area contributed by atoms with Gasteiger partial charge in [0.15, 0.2) is 0 Å². The van der Waals surface area contributed by atoms with Gasteiger partial charge in [-0.2, -0.15) is 0 Å². The zero-order chi connectivity index (χ0) is 20.4. The number of methoxy groups -OCH3 is 1. The molecule has 0 aliphatic carbocycles. The molecule has 0 spiro atoms. The summed E-state index contributed by atoms with van der Waals surface area (Å²) < 4.78 is 38.5. The Balaban J connectivity index is 2.19. The largest absolute Gasteiger partial charge is 0.467 e. The van der Waals surface area contributed by atoms with Gasteiger partial charge in [-0.05, 0) is 45.4 Å². The van der Waals surface area contributed by atoms with Gasteiger partial charge in [0, 0.05) is 17.1 Å². The van der Waals surface area contributed by atoms with Crippen LogP contribution in [-0.2, 0) is 24.3 Å². The maximum atomic E-state index is 12.6. The minimum atomic E-state index is -3.82. The van der Waals surface area contributed by atoms with Crippen molar-refractivity contribution in [2.75, 3.05) is 13.7 Å². The van der Waals surface area contributed by atoms with E-state index in [0.717, 1.165) is 0 Å². The molecule has 1 saturated heterocycles. The fraction of sp³-hybridized carbons (Fsp3) is 0.529. The summed E-state index contributed by atoms with van der Waals surface area (Å²) in [7, 11) is -2.60. The number of esters is 1. The topological polar surface area (TPSA) is 102 Å². The molecule has 1 heterocycles. The van der Waals surface area contributed by atoms with Gasteiger partial charge in [-0.3, -0.25) is 4.90 Å². The lowest BCUT2D eigenvalue weighted by Crippen LogP contribution is -2.44. The molecule has 0 saturated carbocycles. The first-order valence-corrected chi connectivity index (χ1v) is 10.6. The summed E-state index contributed by atoms with van der Waals surface area (Å²) in [6.45, 7) is 5.13. The van der Waals surface area contributed by atoms with Gasteiger partial charge in [-0.1, -0.05) is 22.0 Å². The smallest absolute Gasteiger partial charge is 0.411 e. The van der Waals surface area contributed by atoms with Crippen LogP contribution in [0.15, 0.2) is 33.6 Å². The molecule has 1 fully saturated rings. The highest BCUT2D eigenvalue weighted by Crippen LogP contribution is 2.24. The van der Waals surface area contributed by atoms with Crippen molar-refractivity contribution in [3.05, 3.63) is 28.7 Å². The Morgan fingerprint density at radius 3 is 2.52 bits per heavy atom. The highest BCUT2D eigenvalue weighted by atomic mass is 79.9. The van der Waals surface area contributed by atoms with Crippen LogP contribution in [0.2, 0.25) is 0 Å². The Morgan fingerprint density at radius 1 is 1.30 bits per heavy atom. The van der Waals surface area contributed by atoms with Crippen LogP contribution in [0.1, 0.15) is 27.2 Å². The van der Waals surface area contributed by atoms with Crippen LogP contribution in [0.4, 0.5) is 4.79 Å². The number of carbonyl (C=O) groups is 2. The molecule has 2 rings (SSSR count). The van der Waals surface area contributed by atoms with E-state index in [-0.39, 0.29) is 17.9 Å². The van der Waals surface area contributed by atoms with Crippen molar-refractivity contribution >= 4 is 38.0 Å². The molecule has 8 nitrogen and oxygen atoms in total. The zero-order valence-corrected chi connectivity index (χ0v) is 18.0. The molecule has 0 aromatic heterocycles. The SMILES string of the molecule is COC(=O)[C@@H]1C[C@@H](NS(=O)(=O)c2cccc(Br)c2)CN1C(=O)OC(C)(C)C. The van der Waals surface area contributed by atoms with Crippen molar-refractivity contribution in [3.8, 4) is 0 Å². The van der Waals surface area contributed by atoms with Gasteiger partial charge in [0.25, 0.3) is 0 Å². The number of sulfonamides is 1. The molecule has 1 amide bonds. The molecule has 1 aliphatic rings. The van der Waals surface area contributed by atoms with E-state index in [1.165, 1.54) is 24.1 Å². The average Bonchev–Trinajstić information content (AvgIpc) is 2.96. The Hall–Kier alpha value is -1.65. The lowest BCUT2D eigenvalue weighted by molar-refractivity contribution is -0.145. The van der Waals surface area contributed by atoms with Crippen molar-refractivity contribution in [3.63, 3.8) is 0 Å². The number of carbonyl (C=O) groups excluding carboxylic acids is 2. The molecule has 1 N–H and O–H groups in total. The summed E-state index contributed by atoms with van der Waals surface area (Å²) in [4.78, 5) is 25.8. The molecule has 27 heavy (non-hydrogen) atoms. The van der Waals surface area contributed by atoms with Gasteiger partial charge >= 0.3 is 12.1 Å². The molecule has 0 unspecified atom stereocenters. The fourth-order valence-electron chi connectivity index (χ4n) is 2.72. The standard InChI is InChI=1S/C17H23BrN2O6S/c1-17(2,3)26-16(22)20-10-12(9-14(20)15(21)25-4)19-27(23,24)13-7-5-6-11(18)8-13/h5-8,12,14,19H,9-10H2,1-4H3/t12-,14+/m1/s1. The highest BCUT2D eigenvalue weighted by molar-refractivity contribution is 9.10. The van der Waals surface area contributed by atoms with Crippen LogP contribution in [-0.4, -0.2) is 56.7 Å². The second-order valence-electron chi connectivity index (χ2n) is 7.18. The number of likely N-dealkylation sites (tertiary alicyclic amines) is 1. The lowest BCUT2D eigenvalue weighted by atomic mass is 10.2. The van der Waals surface area contributed by atoms with E-state index in [4.69, 9.17) is 9.47 Å². The van der Waals surface area contributed by atoms with Gasteiger partial charge in [0.1, 0.15) is 11.6 Å². The van der Waals surface area contributed by atoms with E-state index in [9.17, 15) is 18.0 Å². The molecule has 1 aromatic rings. The molecule has 1 aromatic carbocycles. The minimum Gasteiger partial charge on any atom is -0.467 e. The van der Waals surface area contributed by atoms with Crippen LogP contribution in [0.5, 0.6) is 0 Å². The summed E-state index contributed by atoms with van der Waals surface area (Å²) in [6.07, 6.45) is -0.596. The van der Waals surface area contributed by atoms with E-state index in [2.05, 4.69) is 20.7 Å². The molecule has 2 atom stereocenters. The van der Waals surface area contributed by atoms with E-state index in [1.54, 1.807) is 32.9 Å². The number of amides is 1. The Labute approximate surface area is 167 Å². The zero-order valence-electron chi connectivity index (χ0n) is 15.6. The average molecular weight is 463 g/mol. The molecular formula is C17H23BrN2O6S. The second kappa shape index (κ2) is 8.15. The predicted octanol–water partition coefficient (Wildman–Crippen LogP) is 2.28. The first-order chi connectivity index (χ1) is 12.4. The van der Waals surface area contributed by atoms with Crippen LogP contribution < -0.4 is 4.72 Å². The van der Waals surface area contributed by atoms with E-state index in [0.29, 0.717) is 4.47 Å². The maximum absolute atomic E-state index is 12.6. The quantitative estimate of drug-likeness (QED) is 0.688.